The number of rotatable bonds is 9. The summed E-state index contributed by atoms with van der Waals surface area (Å²) in [6, 6.07) is 13.3. The predicted octanol–water partition coefficient (Wildman–Crippen LogP) is 4.94. The summed E-state index contributed by atoms with van der Waals surface area (Å²) in [5.41, 5.74) is 2.50. The molecule has 1 fully saturated rings. The molecule has 0 aromatic heterocycles. The van der Waals surface area contributed by atoms with Crippen LogP contribution in [0.4, 0.5) is 13.6 Å². The number of nitrogens with zero attached hydrogens (tertiary/aromatic N) is 1. The Labute approximate surface area is 220 Å². The smallest absolute Gasteiger partial charge is 0.411 e. The van der Waals surface area contributed by atoms with E-state index in [9.17, 15) is 18.4 Å². The third kappa shape index (κ3) is 5.90. The molecule has 0 N–H and O–H groups in total. The van der Waals surface area contributed by atoms with Gasteiger partial charge in [0.2, 0.25) is 0 Å². The molecule has 1 amide bonds. The number of benzene rings is 3. The van der Waals surface area contributed by atoms with Crippen LogP contribution < -0.4 is 14.9 Å². The first kappa shape index (κ1) is 27.0. The molecule has 0 saturated carbocycles. The molecule has 10 heteroatoms. The molecule has 7 nitrogen and oxygen atoms in total. The Morgan fingerprint density at radius 2 is 1.71 bits per heavy atom. The van der Waals surface area contributed by atoms with Crippen LogP contribution in [0.5, 0.6) is 17.2 Å². The summed E-state index contributed by atoms with van der Waals surface area (Å²) in [5, 5.41) is 0. The van der Waals surface area contributed by atoms with Gasteiger partial charge >= 0.3 is 12.1 Å². The zero-order valence-corrected chi connectivity index (χ0v) is 21.5. The lowest BCUT2D eigenvalue weighted by Gasteiger charge is -2.23. The van der Waals surface area contributed by atoms with Crippen molar-refractivity contribution in [3.8, 4) is 17.2 Å². The van der Waals surface area contributed by atoms with E-state index in [2.05, 4.69) is 0 Å². The van der Waals surface area contributed by atoms with Gasteiger partial charge in [-0.1, -0.05) is 30.5 Å². The molecule has 0 spiro atoms. The molecule has 3 aromatic rings. The maximum Gasteiger partial charge on any atom is 0.411 e. The summed E-state index contributed by atoms with van der Waals surface area (Å²) in [5.74, 6) is -0.575. The van der Waals surface area contributed by atoms with Crippen molar-refractivity contribution in [1.29, 1.82) is 0 Å². The maximum atomic E-state index is 13.8. The molecular formula is C28H27BF2NO6. The van der Waals surface area contributed by atoms with Crippen LogP contribution in [0, 0.1) is 11.6 Å². The molecule has 2 atom stereocenters. The van der Waals surface area contributed by atoms with Gasteiger partial charge in [0.1, 0.15) is 30.8 Å². The van der Waals surface area contributed by atoms with Crippen LogP contribution in [-0.2, 0) is 27.2 Å². The van der Waals surface area contributed by atoms with Gasteiger partial charge in [0.05, 0.1) is 33.2 Å². The summed E-state index contributed by atoms with van der Waals surface area (Å²) in [4.78, 5) is 26.1. The average molecular weight is 522 g/mol. The van der Waals surface area contributed by atoms with Gasteiger partial charge < -0.3 is 18.9 Å². The SMILES string of the molecule is C[B]c1ccc(Oc2cc(CC(=O)OC)ccc2OC)c(CN2C(=O)O[C@@H](c3cc(F)cc(F)c3)[C@H]2C)c1. The molecule has 4 rings (SSSR count). The van der Waals surface area contributed by atoms with Crippen molar-refractivity contribution in [1.82, 2.24) is 4.90 Å². The molecule has 0 bridgehead atoms. The van der Waals surface area contributed by atoms with E-state index in [1.807, 2.05) is 26.2 Å². The molecule has 1 heterocycles. The van der Waals surface area contributed by atoms with Crippen LogP contribution in [0.2, 0.25) is 6.82 Å². The summed E-state index contributed by atoms with van der Waals surface area (Å²) in [6.07, 6.45) is -1.39. The third-order valence-corrected chi connectivity index (χ3v) is 6.39. The molecule has 1 radical (unpaired) electrons. The summed E-state index contributed by atoms with van der Waals surface area (Å²) in [6.45, 7) is 3.77. The summed E-state index contributed by atoms with van der Waals surface area (Å²) in [7, 11) is 4.74. The van der Waals surface area contributed by atoms with Crippen molar-refractivity contribution < 1.29 is 37.3 Å². The first-order chi connectivity index (χ1) is 18.2. The van der Waals surface area contributed by atoms with Crippen LogP contribution >= 0.6 is 0 Å². The maximum absolute atomic E-state index is 13.8. The number of esters is 1. The van der Waals surface area contributed by atoms with E-state index in [0.29, 0.717) is 28.4 Å². The Balaban J connectivity index is 1.63. The van der Waals surface area contributed by atoms with E-state index in [1.54, 1.807) is 31.2 Å². The van der Waals surface area contributed by atoms with Crippen LogP contribution in [0.1, 0.15) is 29.7 Å². The fourth-order valence-corrected chi connectivity index (χ4v) is 4.35. The van der Waals surface area contributed by atoms with Crippen molar-refractivity contribution in [3.63, 3.8) is 0 Å². The molecule has 0 aliphatic carbocycles. The molecular weight excluding hydrogens is 495 g/mol. The van der Waals surface area contributed by atoms with Crippen molar-refractivity contribution in [2.24, 2.45) is 0 Å². The first-order valence-electron chi connectivity index (χ1n) is 12.0. The number of amides is 1. The molecule has 1 aliphatic heterocycles. The van der Waals surface area contributed by atoms with E-state index in [0.717, 1.165) is 23.7 Å². The molecule has 1 aliphatic rings. The molecule has 38 heavy (non-hydrogen) atoms. The van der Waals surface area contributed by atoms with Gasteiger partial charge in [-0.15, -0.1) is 0 Å². The highest BCUT2D eigenvalue weighted by atomic mass is 19.1. The van der Waals surface area contributed by atoms with Crippen LogP contribution in [0.25, 0.3) is 0 Å². The lowest BCUT2D eigenvalue weighted by atomic mass is 9.73. The lowest BCUT2D eigenvalue weighted by molar-refractivity contribution is -0.139. The number of carbonyl (C=O) groups is 2. The normalized spacial score (nSPS) is 16.7. The van der Waals surface area contributed by atoms with E-state index in [-0.39, 0.29) is 24.5 Å². The van der Waals surface area contributed by atoms with E-state index in [1.165, 1.54) is 19.1 Å². The van der Waals surface area contributed by atoms with Gasteiger partial charge in [-0.2, -0.15) is 0 Å². The molecule has 0 unspecified atom stereocenters. The Hall–Kier alpha value is -4.08. The zero-order chi connectivity index (χ0) is 27.4. The number of hydrogen-bond donors (Lipinski definition) is 0. The predicted molar refractivity (Wildman–Crippen MR) is 137 cm³/mol. The number of hydrogen-bond acceptors (Lipinski definition) is 6. The van der Waals surface area contributed by atoms with E-state index in [4.69, 9.17) is 18.9 Å². The minimum atomic E-state index is -0.840. The Morgan fingerprint density at radius 1 is 1.00 bits per heavy atom. The Morgan fingerprint density at radius 3 is 2.37 bits per heavy atom. The van der Waals surface area contributed by atoms with Crippen molar-refractivity contribution in [3.05, 3.63) is 82.9 Å². The van der Waals surface area contributed by atoms with Crippen LogP contribution in [0.3, 0.4) is 0 Å². The first-order valence-corrected chi connectivity index (χ1v) is 12.0. The quantitative estimate of drug-likeness (QED) is 0.293. The van der Waals surface area contributed by atoms with E-state index < -0.39 is 29.9 Å². The Bertz CT molecular complexity index is 1330. The highest BCUT2D eigenvalue weighted by molar-refractivity contribution is 6.51. The second kappa shape index (κ2) is 11.5. The van der Waals surface area contributed by atoms with Gasteiger partial charge in [0.25, 0.3) is 0 Å². The van der Waals surface area contributed by atoms with Gasteiger partial charge in [-0.05, 0) is 42.8 Å². The molecule has 1 saturated heterocycles. The number of halogens is 2. The van der Waals surface area contributed by atoms with Crippen molar-refractivity contribution >= 4 is 24.8 Å². The van der Waals surface area contributed by atoms with Crippen LogP contribution in [0.15, 0.2) is 54.6 Å². The monoisotopic (exact) mass is 522 g/mol. The highest BCUT2D eigenvalue weighted by Crippen LogP contribution is 2.37. The second-order valence-electron chi connectivity index (χ2n) is 8.87. The lowest BCUT2D eigenvalue weighted by Crippen LogP contribution is -2.32. The molecule has 197 valence electrons. The molecule has 3 aromatic carbocycles. The van der Waals surface area contributed by atoms with E-state index >= 15 is 0 Å². The number of ether oxygens (including phenoxy) is 4. The summed E-state index contributed by atoms with van der Waals surface area (Å²) >= 11 is 0. The zero-order valence-electron chi connectivity index (χ0n) is 21.5. The van der Waals surface area contributed by atoms with Crippen molar-refractivity contribution in [2.45, 2.75) is 38.9 Å². The number of cyclic esters (lactones) is 1. The van der Waals surface area contributed by atoms with Crippen molar-refractivity contribution in [2.75, 3.05) is 14.2 Å². The third-order valence-electron chi connectivity index (χ3n) is 6.39. The number of methoxy groups -OCH3 is 2. The average Bonchev–Trinajstić information content (AvgIpc) is 3.17. The summed E-state index contributed by atoms with van der Waals surface area (Å²) < 4.78 is 49.6. The fourth-order valence-electron chi connectivity index (χ4n) is 4.35. The minimum absolute atomic E-state index is 0.0621. The van der Waals surface area contributed by atoms with Gasteiger partial charge in [-0.25, -0.2) is 13.6 Å². The largest absolute Gasteiger partial charge is 0.493 e. The minimum Gasteiger partial charge on any atom is -0.493 e. The van der Waals surface area contributed by atoms with Gasteiger partial charge in [0.15, 0.2) is 11.5 Å². The highest BCUT2D eigenvalue weighted by Gasteiger charge is 2.40. The Kier molecular flexibility index (Phi) is 8.19. The van der Waals surface area contributed by atoms with Crippen LogP contribution in [-0.4, -0.2) is 44.5 Å². The number of carbonyl (C=O) groups excluding carboxylic acids is 2. The topological polar surface area (TPSA) is 74.3 Å². The fraction of sp³-hybridized carbons (Fsp3) is 0.286. The second-order valence-corrected chi connectivity index (χ2v) is 8.87. The van der Waals surface area contributed by atoms with Gasteiger partial charge in [0, 0.05) is 17.2 Å². The van der Waals surface area contributed by atoms with Gasteiger partial charge in [-0.3, -0.25) is 9.69 Å². The standard InChI is InChI=1S/C28H27BF2NO6/c1-16-27(18-12-21(30)14-22(31)13-18)38-28(34)32(16)15-19-11-20(29-2)6-8-23(19)37-25-9-17(10-26(33)36-4)5-7-24(25)35-3/h5-9,11-14,16,27H,10,15H2,1-4H3/t16-,27-/m1/s1.